The highest BCUT2D eigenvalue weighted by molar-refractivity contribution is 5.77. The second-order valence-electron chi connectivity index (χ2n) is 5.95. The molecule has 1 aromatic carbocycles. The van der Waals surface area contributed by atoms with Crippen LogP contribution in [0.4, 0.5) is 0 Å². The highest BCUT2D eigenvalue weighted by atomic mass is 16.5. The number of hydrogen-bond donors (Lipinski definition) is 2. The van der Waals surface area contributed by atoms with Crippen LogP contribution in [-0.4, -0.2) is 25.6 Å². The van der Waals surface area contributed by atoms with Crippen molar-refractivity contribution < 1.29 is 9.53 Å². The summed E-state index contributed by atoms with van der Waals surface area (Å²) in [6.07, 6.45) is 2.97. The predicted octanol–water partition coefficient (Wildman–Crippen LogP) is 2.65. The normalized spacial score (nSPS) is 23.4. The molecule has 3 unspecified atom stereocenters. The van der Waals surface area contributed by atoms with Crippen molar-refractivity contribution in [2.75, 3.05) is 13.7 Å². The molecule has 0 aliphatic carbocycles. The predicted molar refractivity (Wildman–Crippen MR) is 84.4 cm³/mol. The Morgan fingerprint density at radius 2 is 2.14 bits per heavy atom. The van der Waals surface area contributed by atoms with E-state index in [0.29, 0.717) is 18.4 Å². The lowest BCUT2D eigenvalue weighted by atomic mass is 9.90. The molecule has 1 aromatic rings. The Labute approximate surface area is 127 Å². The average molecular weight is 290 g/mol. The van der Waals surface area contributed by atoms with Gasteiger partial charge in [0.25, 0.3) is 0 Å². The topological polar surface area (TPSA) is 50.4 Å². The van der Waals surface area contributed by atoms with Gasteiger partial charge in [-0.1, -0.05) is 19.1 Å². The Hall–Kier alpha value is -1.55. The lowest BCUT2D eigenvalue weighted by Gasteiger charge is -2.30. The van der Waals surface area contributed by atoms with Crippen LogP contribution in [0.2, 0.25) is 0 Å². The zero-order valence-corrected chi connectivity index (χ0v) is 13.2. The summed E-state index contributed by atoms with van der Waals surface area (Å²) in [6.45, 7) is 5.25. The van der Waals surface area contributed by atoms with Crippen LogP contribution in [0.1, 0.15) is 44.7 Å². The molecule has 1 saturated heterocycles. The lowest BCUT2D eigenvalue weighted by Crippen LogP contribution is -2.43. The van der Waals surface area contributed by atoms with E-state index < -0.39 is 0 Å². The molecule has 1 aliphatic heterocycles. The van der Waals surface area contributed by atoms with Gasteiger partial charge >= 0.3 is 0 Å². The van der Waals surface area contributed by atoms with Gasteiger partial charge in [0.05, 0.1) is 13.2 Å². The fourth-order valence-electron chi connectivity index (χ4n) is 2.86. The average Bonchev–Trinajstić information content (AvgIpc) is 2.49. The SMILES string of the molecule is COc1ccc(C(C)NC(=O)CC2NCCCC2C)cc1. The number of methoxy groups -OCH3 is 1. The standard InChI is InChI=1S/C17H26N2O2/c1-12-5-4-10-18-16(12)11-17(20)19-13(2)14-6-8-15(21-3)9-7-14/h6-9,12-13,16,18H,4-5,10-11H2,1-3H3,(H,19,20). The molecule has 1 heterocycles. The summed E-state index contributed by atoms with van der Waals surface area (Å²) in [7, 11) is 1.65. The molecule has 1 aliphatic rings. The maximum Gasteiger partial charge on any atom is 0.222 e. The minimum absolute atomic E-state index is 0.0160. The van der Waals surface area contributed by atoms with Gasteiger partial charge in [-0.05, 0) is 49.9 Å². The van der Waals surface area contributed by atoms with Crippen LogP contribution in [0.15, 0.2) is 24.3 Å². The Bertz CT molecular complexity index is 458. The first-order valence-electron chi connectivity index (χ1n) is 7.77. The number of carbonyl (C=O) groups is 1. The molecule has 0 saturated carbocycles. The van der Waals surface area contributed by atoms with Crippen LogP contribution in [0.3, 0.4) is 0 Å². The smallest absolute Gasteiger partial charge is 0.222 e. The Balaban J connectivity index is 1.86. The van der Waals surface area contributed by atoms with Crippen molar-refractivity contribution in [1.82, 2.24) is 10.6 Å². The van der Waals surface area contributed by atoms with Crippen LogP contribution in [0.5, 0.6) is 5.75 Å². The van der Waals surface area contributed by atoms with Gasteiger partial charge in [0.2, 0.25) is 5.91 Å². The first kappa shape index (κ1) is 15.8. The molecule has 0 radical (unpaired) electrons. The van der Waals surface area contributed by atoms with Gasteiger partial charge in [0, 0.05) is 12.5 Å². The van der Waals surface area contributed by atoms with Crippen molar-refractivity contribution in [2.24, 2.45) is 5.92 Å². The number of benzene rings is 1. The third kappa shape index (κ3) is 4.46. The minimum atomic E-state index is 0.0160. The summed E-state index contributed by atoms with van der Waals surface area (Å²) in [5.41, 5.74) is 1.09. The Kier molecular flexibility index (Phi) is 5.62. The number of nitrogens with one attached hydrogen (secondary N) is 2. The van der Waals surface area contributed by atoms with Crippen LogP contribution < -0.4 is 15.4 Å². The van der Waals surface area contributed by atoms with Crippen molar-refractivity contribution in [3.05, 3.63) is 29.8 Å². The molecule has 21 heavy (non-hydrogen) atoms. The summed E-state index contributed by atoms with van der Waals surface area (Å²) in [6, 6.07) is 8.14. The Morgan fingerprint density at radius 3 is 2.76 bits per heavy atom. The van der Waals surface area contributed by atoms with E-state index in [1.54, 1.807) is 7.11 Å². The molecule has 0 aromatic heterocycles. The summed E-state index contributed by atoms with van der Waals surface area (Å²) >= 11 is 0. The molecule has 1 fully saturated rings. The van der Waals surface area contributed by atoms with Crippen LogP contribution in [0.25, 0.3) is 0 Å². The number of ether oxygens (including phenoxy) is 1. The minimum Gasteiger partial charge on any atom is -0.497 e. The lowest BCUT2D eigenvalue weighted by molar-refractivity contribution is -0.122. The fraction of sp³-hybridized carbons (Fsp3) is 0.588. The monoisotopic (exact) mass is 290 g/mol. The van der Waals surface area contributed by atoms with Gasteiger partial charge in [-0.15, -0.1) is 0 Å². The Morgan fingerprint density at radius 1 is 1.43 bits per heavy atom. The molecule has 4 nitrogen and oxygen atoms in total. The first-order chi connectivity index (χ1) is 10.1. The second kappa shape index (κ2) is 7.46. The van der Waals surface area contributed by atoms with E-state index in [9.17, 15) is 4.79 Å². The summed E-state index contributed by atoms with van der Waals surface area (Å²) < 4.78 is 5.15. The zero-order valence-electron chi connectivity index (χ0n) is 13.2. The molecule has 0 spiro atoms. The molecule has 0 bridgehead atoms. The number of rotatable bonds is 5. The molecule has 2 N–H and O–H groups in total. The fourth-order valence-corrected chi connectivity index (χ4v) is 2.86. The molecule has 2 rings (SSSR count). The van der Waals surface area contributed by atoms with E-state index >= 15 is 0 Å². The first-order valence-corrected chi connectivity index (χ1v) is 7.77. The van der Waals surface area contributed by atoms with Crippen molar-refractivity contribution in [2.45, 2.75) is 45.2 Å². The van der Waals surface area contributed by atoms with Crippen LogP contribution >= 0.6 is 0 Å². The number of carbonyl (C=O) groups excluding carboxylic acids is 1. The molecule has 116 valence electrons. The van der Waals surface area contributed by atoms with E-state index in [1.165, 1.54) is 12.8 Å². The molecule has 4 heteroatoms. The van der Waals surface area contributed by atoms with Gasteiger partial charge in [0.15, 0.2) is 0 Å². The third-order valence-electron chi connectivity index (χ3n) is 4.33. The second-order valence-corrected chi connectivity index (χ2v) is 5.95. The quantitative estimate of drug-likeness (QED) is 0.876. The number of amides is 1. The highest BCUT2D eigenvalue weighted by Crippen LogP contribution is 2.20. The van der Waals surface area contributed by atoms with E-state index in [2.05, 4.69) is 17.6 Å². The molecule has 3 atom stereocenters. The maximum atomic E-state index is 12.2. The van der Waals surface area contributed by atoms with Gasteiger partial charge < -0.3 is 15.4 Å². The zero-order chi connectivity index (χ0) is 15.2. The van der Waals surface area contributed by atoms with E-state index in [1.807, 2.05) is 31.2 Å². The third-order valence-corrected chi connectivity index (χ3v) is 4.33. The van der Waals surface area contributed by atoms with Crippen LogP contribution in [-0.2, 0) is 4.79 Å². The summed E-state index contributed by atoms with van der Waals surface area (Å²) in [5, 5.41) is 6.53. The van der Waals surface area contributed by atoms with Crippen molar-refractivity contribution in [1.29, 1.82) is 0 Å². The van der Waals surface area contributed by atoms with E-state index in [-0.39, 0.29) is 11.9 Å². The number of hydrogen-bond acceptors (Lipinski definition) is 3. The molecular formula is C17H26N2O2. The summed E-state index contributed by atoms with van der Waals surface area (Å²) in [4.78, 5) is 12.2. The van der Waals surface area contributed by atoms with Gasteiger partial charge in [-0.25, -0.2) is 0 Å². The maximum absolute atomic E-state index is 12.2. The van der Waals surface area contributed by atoms with Crippen LogP contribution in [0, 0.1) is 5.92 Å². The largest absolute Gasteiger partial charge is 0.497 e. The van der Waals surface area contributed by atoms with Gasteiger partial charge in [0.1, 0.15) is 5.75 Å². The van der Waals surface area contributed by atoms with Crippen molar-refractivity contribution in [3.63, 3.8) is 0 Å². The van der Waals surface area contributed by atoms with E-state index in [4.69, 9.17) is 4.74 Å². The summed E-state index contributed by atoms with van der Waals surface area (Å²) in [5.74, 6) is 1.52. The van der Waals surface area contributed by atoms with Crippen molar-refractivity contribution in [3.8, 4) is 5.75 Å². The van der Waals surface area contributed by atoms with Gasteiger partial charge in [-0.3, -0.25) is 4.79 Å². The highest BCUT2D eigenvalue weighted by Gasteiger charge is 2.23. The molecule has 1 amide bonds. The number of piperidine rings is 1. The molecular weight excluding hydrogens is 264 g/mol. The van der Waals surface area contributed by atoms with E-state index in [0.717, 1.165) is 17.9 Å². The van der Waals surface area contributed by atoms with Crippen molar-refractivity contribution >= 4 is 5.91 Å². The van der Waals surface area contributed by atoms with Gasteiger partial charge in [-0.2, -0.15) is 0 Å².